The molecule has 0 saturated carbocycles. The summed E-state index contributed by atoms with van der Waals surface area (Å²) in [5, 5.41) is 3.03. The molecule has 0 saturated heterocycles. The Morgan fingerprint density at radius 2 is 2.38 bits per heavy atom. The van der Waals surface area contributed by atoms with Gasteiger partial charge in [0.2, 0.25) is 0 Å². The van der Waals surface area contributed by atoms with Gasteiger partial charge >= 0.3 is 0 Å². The molecule has 0 fully saturated rings. The van der Waals surface area contributed by atoms with Gasteiger partial charge in [0.25, 0.3) is 0 Å². The van der Waals surface area contributed by atoms with Crippen LogP contribution in [0, 0.1) is 0 Å². The third-order valence-corrected chi connectivity index (χ3v) is 0.781. The van der Waals surface area contributed by atoms with Gasteiger partial charge in [-0.25, -0.2) is 0 Å². The van der Waals surface area contributed by atoms with E-state index in [-0.39, 0.29) is 0 Å². The van der Waals surface area contributed by atoms with E-state index in [2.05, 4.69) is 17.0 Å². The van der Waals surface area contributed by atoms with Gasteiger partial charge in [-0.2, -0.15) is 0 Å². The van der Waals surface area contributed by atoms with E-state index < -0.39 is 0 Å². The Morgan fingerprint density at radius 3 is 2.88 bits per heavy atom. The van der Waals surface area contributed by atoms with Crippen LogP contribution in [0.25, 0.3) is 0 Å². The lowest BCUT2D eigenvalue weighted by Crippen LogP contribution is -2.17. The van der Waals surface area contributed by atoms with Crippen LogP contribution in [-0.2, 0) is 0 Å². The van der Waals surface area contributed by atoms with Gasteiger partial charge in [0.1, 0.15) is 0 Å². The lowest BCUT2D eigenvalue weighted by atomic mass is 10.4. The zero-order valence-corrected chi connectivity index (χ0v) is 5.06. The van der Waals surface area contributed by atoms with Crippen LogP contribution in [0.15, 0.2) is 4.99 Å². The van der Waals surface area contributed by atoms with E-state index in [1.165, 1.54) is 0 Å². The minimum Gasteiger partial charge on any atom is -0.330 e. The highest BCUT2D eigenvalue weighted by Crippen LogP contribution is 1.67. The Balaban J connectivity index is 2.62. The molecule has 0 aromatic rings. The monoisotopic (exact) mass is 115 g/mol. The summed E-state index contributed by atoms with van der Waals surface area (Å²) in [5.41, 5.74) is 5.22. The van der Waals surface area contributed by atoms with Crippen LogP contribution in [-0.4, -0.2) is 26.5 Å². The lowest BCUT2D eigenvalue weighted by Gasteiger charge is -1.95. The second-order valence-corrected chi connectivity index (χ2v) is 1.52. The third kappa shape index (κ3) is 5.59. The summed E-state index contributed by atoms with van der Waals surface area (Å²) in [6.07, 6.45) is 1.01. The molecule has 0 aromatic carbocycles. The van der Waals surface area contributed by atoms with E-state index in [1.54, 1.807) is 0 Å². The number of hydrogen-bond acceptors (Lipinski definition) is 3. The molecule has 0 bridgehead atoms. The maximum absolute atomic E-state index is 5.22. The number of nitrogens with one attached hydrogen (secondary N) is 1. The van der Waals surface area contributed by atoms with Crippen molar-refractivity contribution in [3.05, 3.63) is 0 Å². The summed E-state index contributed by atoms with van der Waals surface area (Å²) in [7, 11) is 0. The van der Waals surface area contributed by atoms with Crippen molar-refractivity contribution >= 4 is 6.72 Å². The zero-order valence-electron chi connectivity index (χ0n) is 5.06. The molecular formula is C5H13N3. The topological polar surface area (TPSA) is 50.4 Å². The first kappa shape index (κ1) is 7.59. The molecule has 0 radical (unpaired) electrons. The highest BCUT2D eigenvalue weighted by Gasteiger charge is 1.79. The Bertz CT molecular complexity index is 53.6. The Kier molecular flexibility index (Phi) is 6.25. The normalized spacial score (nSPS) is 9.12. The van der Waals surface area contributed by atoms with E-state index in [0.29, 0.717) is 6.67 Å². The fourth-order valence-corrected chi connectivity index (χ4v) is 0.385. The van der Waals surface area contributed by atoms with Gasteiger partial charge in [0.05, 0.1) is 6.67 Å². The molecule has 0 rings (SSSR count). The van der Waals surface area contributed by atoms with E-state index in [1.807, 2.05) is 0 Å². The molecule has 3 N–H and O–H groups in total. The molecule has 0 unspecified atom stereocenters. The number of hydrogen-bond donors (Lipinski definition) is 2. The van der Waals surface area contributed by atoms with Gasteiger partial charge in [-0.1, -0.05) is 0 Å². The van der Waals surface area contributed by atoms with Crippen molar-refractivity contribution in [1.29, 1.82) is 0 Å². The smallest absolute Gasteiger partial charge is 0.0877 e. The SMILES string of the molecule is C=NCNCCCN. The van der Waals surface area contributed by atoms with E-state index in [9.17, 15) is 0 Å². The average Bonchev–Trinajstić information content (AvgIpc) is 1.81. The van der Waals surface area contributed by atoms with Crippen LogP contribution in [0.5, 0.6) is 0 Å². The summed E-state index contributed by atoms with van der Waals surface area (Å²) in [6.45, 7) is 5.63. The minimum absolute atomic E-state index is 0.639. The number of nitrogens with two attached hydrogens (primary N) is 1. The molecule has 3 heteroatoms. The maximum Gasteiger partial charge on any atom is 0.0877 e. The fourth-order valence-electron chi connectivity index (χ4n) is 0.385. The van der Waals surface area contributed by atoms with E-state index in [0.717, 1.165) is 19.5 Å². The molecule has 0 aromatic heterocycles. The van der Waals surface area contributed by atoms with Gasteiger partial charge in [-0.05, 0) is 26.2 Å². The van der Waals surface area contributed by atoms with Crippen molar-refractivity contribution in [2.75, 3.05) is 19.8 Å². The molecule has 0 atom stereocenters. The van der Waals surface area contributed by atoms with Gasteiger partial charge < -0.3 is 5.73 Å². The number of nitrogens with zero attached hydrogens (tertiary/aromatic N) is 1. The molecule has 0 amide bonds. The van der Waals surface area contributed by atoms with Gasteiger partial charge in [-0.3, -0.25) is 10.3 Å². The summed E-state index contributed by atoms with van der Waals surface area (Å²) >= 11 is 0. The molecule has 8 heavy (non-hydrogen) atoms. The van der Waals surface area contributed by atoms with Gasteiger partial charge in [0, 0.05) is 0 Å². The molecule has 0 aliphatic carbocycles. The van der Waals surface area contributed by atoms with Crippen molar-refractivity contribution in [3.8, 4) is 0 Å². The second-order valence-electron chi connectivity index (χ2n) is 1.52. The molecule has 0 aliphatic rings. The molecule has 0 heterocycles. The van der Waals surface area contributed by atoms with Crippen molar-refractivity contribution in [3.63, 3.8) is 0 Å². The first-order valence-electron chi connectivity index (χ1n) is 2.75. The van der Waals surface area contributed by atoms with Crippen LogP contribution in [0.2, 0.25) is 0 Å². The number of aliphatic imine (C=N–C) groups is 1. The second kappa shape index (κ2) is 6.59. The maximum atomic E-state index is 5.22. The predicted octanol–water partition coefficient (Wildman–Crippen LogP) is -0.417. The zero-order chi connectivity index (χ0) is 6.24. The van der Waals surface area contributed by atoms with E-state index in [4.69, 9.17) is 5.73 Å². The summed E-state index contributed by atoms with van der Waals surface area (Å²) < 4.78 is 0. The Morgan fingerprint density at radius 1 is 1.62 bits per heavy atom. The van der Waals surface area contributed by atoms with E-state index >= 15 is 0 Å². The summed E-state index contributed by atoms with van der Waals surface area (Å²) in [5.74, 6) is 0. The van der Waals surface area contributed by atoms with Gasteiger partial charge in [-0.15, -0.1) is 0 Å². The van der Waals surface area contributed by atoms with Crippen molar-refractivity contribution in [2.45, 2.75) is 6.42 Å². The minimum atomic E-state index is 0.639. The largest absolute Gasteiger partial charge is 0.330 e. The fraction of sp³-hybridized carbons (Fsp3) is 0.800. The molecule has 0 aliphatic heterocycles. The van der Waals surface area contributed by atoms with Gasteiger partial charge in [0.15, 0.2) is 0 Å². The van der Waals surface area contributed by atoms with Crippen LogP contribution < -0.4 is 11.1 Å². The van der Waals surface area contributed by atoms with Crippen molar-refractivity contribution in [2.24, 2.45) is 10.7 Å². The Hall–Kier alpha value is -0.410. The van der Waals surface area contributed by atoms with Crippen molar-refractivity contribution in [1.82, 2.24) is 5.32 Å². The molecule has 48 valence electrons. The lowest BCUT2D eigenvalue weighted by molar-refractivity contribution is 0.670. The standard InChI is InChI=1S/C5H13N3/c1-7-5-8-4-2-3-6/h8H,1-6H2. The third-order valence-electron chi connectivity index (χ3n) is 0.781. The molecule has 3 nitrogen and oxygen atoms in total. The highest BCUT2D eigenvalue weighted by atomic mass is 15.0. The summed E-state index contributed by atoms with van der Waals surface area (Å²) in [4.78, 5) is 3.61. The highest BCUT2D eigenvalue weighted by molar-refractivity contribution is 5.22. The van der Waals surface area contributed by atoms with Crippen LogP contribution in [0.1, 0.15) is 6.42 Å². The molecule has 0 spiro atoms. The average molecular weight is 115 g/mol. The van der Waals surface area contributed by atoms with Crippen LogP contribution in [0.4, 0.5) is 0 Å². The first-order valence-corrected chi connectivity index (χ1v) is 2.75. The Labute approximate surface area is 50.0 Å². The summed E-state index contributed by atoms with van der Waals surface area (Å²) in [6, 6.07) is 0. The quantitative estimate of drug-likeness (QED) is 0.378. The first-order chi connectivity index (χ1) is 3.91. The van der Waals surface area contributed by atoms with Crippen molar-refractivity contribution < 1.29 is 0 Å². The van der Waals surface area contributed by atoms with Crippen LogP contribution in [0.3, 0.4) is 0 Å². The predicted molar refractivity (Wildman–Crippen MR) is 36.1 cm³/mol. The molecular weight excluding hydrogens is 102 g/mol. The van der Waals surface area contributed by atoms with Crippen LogP contribution >= 0.6 is 0 Å². The number of rotatable bonds is 5.